The SMILES string of the molecule is CCCNC1CCCC1CC1CCC2(CCCCC2)O1. The average molecular weight is 279 g/mol. The Kier molecular flexibility index (Phi) is 5.04. The topological polar surface area (TPSA) is 21.3 Å². The van der Waals surface area contributed by atoms with E-state index in [0.717, 1.165) is 12.0 Å². The van der Waals surface area contributed by atoms with Gasteiger partial charge in [-0.2, -0.15) is 0 Å². The highest BCUT2D eigenvalue weighted by molar-refractivity contribution is 4.93. The number of hydrogen-bond acceptors (Lipinski definition) is 2. The molecule has 116 valence electrons. The summed E-state index contributed by atoms with van der Waals surface area (Å²) in [6.45, 7) is 3.46. The van der Waals surface area contributed by atoms with Crippen LogP contribution in [-0.4, -0.2) is 24.3 Å². The fraction of sp³-hybridized carbons (Fsp3) is 1.00. The molecule has 3 unspecified atom stereocenters. The van der Waals surface area contributed by atoms with Crippen molar-refractivity contribution in [1.29, 1.82) is 0 Å². The molecule has 1 N–H and O–H groups in total. The number of ether oxygens (including phenoxy) is 1. The van der Waals surface area contributed by atoms with E-state index in [1.54, 1.807) is 0 Å². The van der Waals surface area contributed by atoms with Gasteiger partial charge in [0.2, 0.25) is 0 Å². The van der Waals surface area contributed by atoms with Crippen molar-refractivity contribution >= 4 is 0 Å². The molecule has 0 radical (unpaired) electrons. The molecule has 0 aromatic carbocycles. The van der Waals surface area contributed by atoms with E-state index in [-0.39, 0.29) is 0 Å². The fourth-order valence-corrected chi connectivity index (χ4v) is 4.88. The van der Waals surface area contributed by atoms with E-state index in [2.05, 4.69) is 12.2 Å². The zero-order chi connectivity index (χ0) is 13.8. The van der Waals surface area contributed by atoms with Gasteiger partial charge >= 0.3 is 0 Å². The minimum atomic E-state index is 0.313. The van der Waals surface area contributed by atoms with Crippen LogP contribution < -0.4 is 5.32 Å². The molecular weight excluding hydrogens is 246 g/mol. The number of hydrogen-bond donors (Lipinski definition) is 1. The molecule has 2 nitrogen and oxygen atoms in total. The lowest BCUT2D eigenvalue weighted by atomic mass is 9.83. The Morgan fingerprint density at radius 1 is 1.00 bits per heavy atom. The molecule has 3 aliphatic rings. The first-order chi connectivity index (χ1) is 9.81. The lowest BCUT2D eigenvalue weighted by Crippen LogP contribution is -2.36. The smallest absolute Gasteiger partial charge is 0.0687 e. The second-order valence-electron chi connectivity index (χ2n) is 7.51. The number of rotatable bonds is 5. The Morgan fingerprint density at radius 2 is 1.85 bits per heavy atom. The van der Waals surface area contributed by atoms with Gasteiger partial charge in [-0.25, -0.2) is 0 Å². The van der Waals surface area contributed by atoms with E-state index >= 15 is 0 Å². The Hall–Kier alpha value is -0.0800. The summed E-state index contributed by atoms with van der Waals surface area (Å²) >= 11 is 0. The third-order valence-corrected chi connectivity index (χ3v) is 5.98. The van der Waals surface area contributed by atoms with Crippen LogP contribution in [0.4, 0.5) is 0 Å². The second kappa shape index (κ2) is 6.79. The standard InChI is InChI=1S/C18H33NO/c1-2-13-19-17-8-6-7-15(17)14-16-9-12-18(20-16)10-4-3-5-11-18/h15-17,19H,2-14H2,1H3. The highest BCUT2D eigenvalue weighted by Crippen LogP contribution is 2.44. The summed E-state index contributed by atoms with van der Waals surface area (Å²) in [7, 11) is 0. The highest BCUT2D eigenvalue weighted by atomic mass is 16.5. The summed E-state index contributed by atoms with van der Waals surface area (Å²) in [5, 5.41) is 3.77. The summed E-state index contributed by atoms with van der Waals surface area (Å²) in [5.74, 6) is 0.880. The van der Waals surface area contributed by atoms with E-state index in [4.69, 9.17) is 4.74 Å². The van der Waals surface area contributed by atoms with Crippen molar-refractivity contribution in [3.8, 4) is 0 Å². The first-order valence-corrected chi connectivity index (χ1v) is 9.22. The van der Waals surface area contributed by atoms with E-state index in [1.807, 2.05) is 0 Å². The maximum atomic E-state index is 6.58. The Balaban J connectivity index is 1.48. The van der Waals surface area contributed by atoms with Gasteiger partial charge < -0.3 is 10.1 Å². The van der Waals surface area contributed by atoms with E-state index in [0.29, 0.717) is 11.7 Å². The predicted octanol–water partition coefficient (Wildman–Crippen LogP) is 4.43. The molecule has 0 aromatic rings. The molecule has 0 amide bonds. The minimum absolute atomic E-state index is 0.313. The lowest BCUT2D eigenvalue weighted by Gasteiger charge is -2.34. The molecule has 3 fully saturated rings. The van der Waals surface area contributed by atoms with Gasteiger partial charge in [-0.1, -0.05) is 32.6 Å². The van der Waals surface area contributed by atoms with Crippen LogP contribution in [-0.2, 0) is 4.74 Å². The summed E-state index contributed by atoms with van der Waals surface area (Å²) in [6, 6.07) is 0.779. The lowest BCUT2D eigenvalue weighted by molar-refractivity contribution is -0.0703. The fourth-order valence-electron chi connectivity index (χ4n) is 4.88. The monoisotopic (exact) mass is 279 g/mol. The summed E-state index contributed by atoms with van der Waals surface area (Å²) in [6.07, 6.45) is 17.0. The Bertz CT molecular complexity index is 298. The van der Waals surface area contributed by atoms with Crippen LogP contribution in [0.15, 0.2) is 0 Å². The Labute approximate surface area is 125 Å². The maximum Gasteiger partial charge on any atom is 0.0687 e. The van der Waals surface area contributed by atoms with Crippen molar-refractivity contribution in [2.24, 2.45) is 5.92 Å². The minimum Gasteiger partial charge on any atom is -0.372 e. The normalized spacial score (nSPS) is 36.8. The molecule has 2 saturated carbocycles. The van der Waals surface area contributed by atoms with Crippen molar-refractivity contribution < 1.29 is 4.74 Å². The van der Waals surface area contributed by atoms with Gasteiger partial charge in [0.15, 0.2) is 0 Å². The molecule has 1 spiro atoms. The molecule has 1 heterocycles. The molecular formula is C18H33NO. The summed E-state index contributed by atoms with van der Waals surface area (Å²) in [4.78, 5) is 0. The van der Waals surface area contributed by atoms with Crippen molar-refractivity contribution in [2.45, 2.75) is 102 Å². The summed E-state index contributed by atoms with van der Waals surface area (Å²) < 4.78 is 6.58. The highest BCUT2D eigenvalue weighted by Gasteiger charge is 2.42. The van der Waals surface area contributed by atoms with Gasteiger partial charge in [0.25, 0.3) is 0 Å². The predicted molar refractivity (Wildman–Crippen MR) is 84.0 cm³/mol. The van der Waals surface area contributed by atoms with Gasteiger partial charge in [-0.3, -0.25) is 0 Å². The van der Waals surface area contributed by atoms with Crippen LogP contribution in [0.3, 0.4) is 0 Å². The van der Waals surface area contributed by atoms with Crippen molar-refractivity contribution in [2.75, 3.05) is 6.54 Å². The molecule has 20 heavy (non-hydrogen) atoms. The van der Waals surface area contributed by atoms with E-state index in [9.17, 15) is 0 Å². The van der Waals surface area contributed by atoms with Gasteiger partial charge in [-0.15, -0.1) is 0 Å². The van der Waals surface area contributed by atoms with Crippen molar-refractivity contribution in [3.05, 3.63) is 0 Å². The van der Waals surface area contributed by atoms with Crippen LogP contribution in [0.1, 0.15) is 84.0 Å². The third-order valence-electron chi connectivity index (χ3n) is 5.98. The number of nitrogens with one attached hydrogen (secondary N) is 1. The molecule has 3 rings (SSSR count). The maximum absolute atomic E-state index is 6.58. The third kappa shape index (κ3) is 3.39. The van der Waals surface area contributed by atoms with Crippen LogP contribution in [0.5, 0.6) is 0 Å². The van der Waals surface area contributed by atoms with E-state index in [1.165, 1.54) is 83.6 Å². The molecule has 3 atom stereocenters. The summed E-state index contributed by atoms with van der Waals surface area (Å²) in [5.41, 5.74) is 0.313. The van der Waals surface area contributed by atoms with Gasteiger partial charge in [0.1, 0.15) is 0 Å². The largest absolute Gasteiger partial charge is 0.372 e. The first-order valence-electron chi connectivity index (χ1n) is 9.22. The molecule has 2 heteroatoms. The zero-order valence-electron chi connectivity index (χ0n) is 13.3. The molecule has 2 aliphatic carbocycles. The van der Waals surface area contributed by atoms with Crippen molar-refractivity contribution in [1.82, 2.24) is 5.32 Å². The molecule has 1 saturated heterocycles. The Morgan fingerprint density at radius 3 is 2.65 bits per heavy atom. The van der Waals surface area contributed by atoms with Crippen LogP contribution in [0.2, 0.25) is 0 Å². The van der Waals surface area contributed by atoms with Gasteiger partial charge in [0.05, 0.1) is 11.7 Å². The second-order valence-corrected chi connectivity index (χ2v) is 7.51. The quantitative estimate of drug-likeness (QED) is 0.804. The van der Waals surface area contributed by atoms with E-state index < -0.39 is 0 Å². The average Bonchev–Trinajstić information content (AvgIpc) is 3.06. The van der Waals surface area contributed by atoms with Crippen molar-refractivity contribution in [3.63, 3.8) is 0 Å². The van der Waals surface area contributed by atoms with Crippen LogP contribution in [0.25, 0.3) is 0 Å². The first kappa shape index (κ1) is 14.8. The van der Waals surface area contributed by atoms with Crippen LogP contribution >= 0.6 is 0 Å². The van der Waals surface area contributed by atoms with Gasteiger partial charge in [-0.05, 0) is 63.8 Å². The zero-order valence-corrected chi connectivity index (χ0v) is 13.3. The van der Waals surface area contributed by atoms with Crippen LogP contribution in [0, 0.1) is 5.92 Å². The molecule has 1 aliphatic heterocycles. The molecule has 0 aromatic heterocycles. The van der Waals surface area contributed by atoms with Gasteiger partial charge in [0, 0.05) is 6.04 Å². The molecule has 0 bridgehead atoms.